The molecule has 1 aliphatic carbocycles. The van der Waals surface area contributed by atoms with E-state index in [1.54, 1.807) is 25.1 Å². The predicted molar refractivity (Wildman–Crippen MR) is 79.4 cm³/mol. The van der Waals surface area contributed by atoms with Gasteiger partial charge >= 0.3 is 5.97 Å². The highest BCUT2D eigenvalue weighted by molar-refractivity contribution is 6.32. The van der Waals surface area contributed by atoms with Gasteiger partial charge in [-0.1, -0.05) is 23.7 Å². The Hall–Kier alpha value is -2.01. The molecule has 0 bridgehead atoms. The summed E-state index contributed by atoms with van der Waals surface area (Å²) in [5.74, 6) is -0.971. The van der Waals surface area contributed by atoms with Crippen molar-refractivity contribution in [2.75, 3.05) is 0 Å². The minimum absolute atomic E-state index is 0.203. The lowest BCUT2D eigenvalue weighted by Crippen LogP contribution is -2.37. The summed E-state index contributed by atoms with van der Waals surface area (Å²) in [6.45, 7) is 1.63. The van der Waals surface area contributed by atoms with E-state index < -0.39 is 12.1 Å². The summed E-state index contributed by atoms with van der Waals surface area (Å²) < 4.78 is 5.61. The smallest absolute Gasteiger partial charge is 0.328 e. The highest BCUT2D eigenvalue weighted by Crippen LogP contribution is 2.30. The molecule has 1 aromatic rings. The number of ether oxygens (including phenoxy) is 1. The van der Waals surface area contributed by atoms with Crippen molar-refractivity contribution in [1.29, 1.82) is 0 Å². The monoisotopic (exact) mass is 309 g/mol. The van der Waals surface area contributed by atoms with E-state index in [0.29, 0.717) is 16.3 Å². The topological polar surface area (TPSA) is 75.6 Å². The zero-order valence-electron chi connectivity index (χ0n) is 11.5. The molecule has 21 heavy (non-hydrogen) atoms. The summed E-state index contributed by atoms with van der Waals surface area (Å²) in [5.41, 5.74) is 0.510. The van der Waals surface area contributed by atoms with Crippen molar-refractivity contribution < 1.29 is 19.4 Å². The summed E-state index contributed by atoms with van der Waals surface area (Å²) >= 11 is 6.07. The molecule has 0 aliphatic heterocycles. The fourth-order valence-corrected chi connectivity index (χ4v) is 1.95. The van der Waals surface area contributed by atoms with E-state index in [9.17, 15) is 9.59 Å². The number of amides is 1. The summed E-state index contributed by atoms with van der Waals surface area (Å²) in [7, 11) is 0. The summed E-state index contributed by atoms with van der Waals surface area (Å²) in [4.78, 5) is 22.5. The molecule has 1 aromatic carbocycles. The van der Waals surface area contributed by atoms with E-state index in [2.05, 4.69) is 5.32 Å². The van der Waals surface area contributed by atoms with E-state index in [-0.39, 0.29) is 11.9 Å². The van der Waals surface area contributed by atoms with Crippen LogP contribution in [0.25, 0.3) is 6.08 Å². The molecular formula is C15H16ClNO4. The Morgan fingerprint density at radius 3 is 2.81 bits per heavy atom. The maximum absolute atomic E-state index is 11.9. The SMILES string of the molecule is CC(Oc1c(Cl)cccc1/C=C/C(=O)O)C(=O)NC1CC1. The third-order valence-corrected chi connectivity index (χ3v) is 3.29. The number of aliphatic carboxylic acids is 1. The lowest BCUT2D eigenvalue weighted by molar-refractivity contribution is -0.131. The zero-order valence-corrected chi connectivity index (χ0v) is 12.3. The van der Waals surface area contributed by atoms with Gasteiger partial charge in [0.25, 0.3) is 5.91 Å². The second-order valence-corrected chi connectivity index (χ2v) is 5.28. The number of hydrogen-bond donors (Lipinski definition) is 2. The van der Waals surface area contributed by atoms with Gasteiger partial charge in [-0.2, -0.15) is 0 Å². The second-order valence-electron chi connectivity index (χ2n) is 4.87. The third kappa shape index (κ3) is 4.49. The molecule has 0 heterocycles. The second kappa shape index (κ2) is 6.63. The average molecular weight is 310 g/mol. The number of halogens is 1. The van der Waals surface area contributed by atoms with Gasteiger partial charge in [-0.3, -0.25) is 4.79 Å². The molecule has 0 spiro atoms. The Bertz CT molecular complexity index is 581. The molecule has 1 amide bonds. The fraction of sp³-hybridized carbons (Fsp3) is 0.333. The van der Waals surface area contributed by atoms with E-state index in [1.807, 2.05) is 0 Å². The number of carbonyl (C=O) groups excluding carboxylic acids is 1. The first-order valence-corrected chi connectivity index (χ1v) is 7.01. The van der Waals surface area contributed by atoms with Gasteiger partial charge in [0.1, 0.15) is 5.75 Å². The predicted octanol–water partition coefficient (Wildman–Crippen LogP) is 2.48. The van der Waals surface area contributed by atoms with E-state index >= 15 is 0 Å². The molecule has 1 unspecified atom stereocenters. The lowest BCUT2D eigenvalue weighted by atomic mass is 10.2. The highest BCUT2D eigenvalue weighted by atomic mass is 35.5. The van der Waals surface area contributed by atoms with Crippen molar-refractivity contribution in [3.8, 4) is 5.75 Å². The first kappa shape index (κ1) is 15.4. The Morgan fingerprint density at radius 2 is 2.19 bits per heavy atom. The number of carboxylic acid groups (broad SMARTS) is 1. The van der Waals surface area contributed by atoms with Crippen LogP contribution < -0.4 is 10.1 Å². The van der Waals surface area contributed by atoms with Gasteiger partial charge in [0.05, 0.1) is 5.02 Å². The minimum Gasteiger partial charge on any atom is -0.479 e. The molecule has 0 aromatic heterocycles. The Kier molecular flexibility index (Phi) is 4.85. The van der Waals surface area contributed by atoms with Crippen molar-refractivity contribution in [2.45, 2.75) is 31.9 Å². The molecule has 112 valence electrons. The van der Waals surface area contributed by atoms with Gasteiger partial charge in [0.2, 0.25) is 0 Å². The lowest BCUT2D eigenvalue weighted by Gasteiger charge is -2.17. The molecule has 2 N–H and O–H groups in total. The van der Waals surface area contributed by atoms with Crippen LogP contribution in [0.5, 0.6) is 5.75 Å². The standard InChI is InChI=1S/C15H16ClNO4/c1-9(15(20)17-11-6-7-11)21-14-10(5-8-13(18)19)3-2-4-12(14)16/h2-5,8-9,11H,6-7H2,1H3,(H,17,20)(H,18,19)/b8-5+. The zero-order chi connectivity index (χ0) is 15.4. The van der Waals surface area contributed by atoms with Crippen molar-refractivity contribution >= 4 is 29.6 Å². The van der Waals surface area contributed by atoms with Gasteiger partial charge in [-0.25, -0.2) is 4.79 Å². The van der Waals surface area contributed by atoms with Crippen LogP contribution in [-0.2, 0) is 9.59 Å². The maximum atomic E-state index is 11.9. The normalized spacial score (nSPS) is 15.7. The number of rotatable bonds is 6. The van der Waals surface area contributed by atoms with Crippen LogP contribution in [0.15, 0.2) is 24.3 Å². The average Bonchev–Trinajstić information content (AvgIpc) is 3.23. The maximum Gasteiger partial charge on any atom is 0.328 e. The molecule has 1 saturated carbocycles. The largest absolute Gasteiger partial charge is 0.479 e. The summed E-state index contributed by atoms with van der Waals surface area (Å²) in [6, 6.07) is 5.24. The number of benzene rings is 1. The van der Waals surface area contributed by atoms with Crippen LogP contribution in [-0.4, -0.2) is 29.1 Å². The molecular weight excluding hydrogens is 294 g/mol. The molecule has 0 saturated heterocycles. The molecule has 1 atom stereocenters. The van der Waals surface area contributed by atoms with Crippen LogP contribution in [0.2, 0.25) is 5.02 Å². The number of para-hydroxylation sites is 1. The van der Waals surface area contributed by atoms with E-state index in [1.165, 1.54) is 6.08 Å². The van der Waals surface area contributed by atoms with Crippen molar-refractivity contribution in [3.05, 3.63) is 34.9 Å². The molecule has 2 rings (SSSR count). The van der Waals surface area contributed by atoms with Crippen LogP contribution in [0, 0.1) is 0 Å². The third-order valence-electron chi connectivity index (χ3n) is 2.99. The van der Waals surface area contributed by atoms with E-state index in [0.717, 1.165) is 18.9 Å². The molecule has 1 fully saturated rings. The van der Waals surface area contributed by atoms with Gasteiger partial charge in [-0.15, -0.1) is 0 Å². The Morgan fingerprint density at radius 1 is 1.48 bits per heavy atom. The first-order valence-electron chi connectivity index (χ1n) is 6.64. The number of nitrogens with one attached hydrogen (secondary N) is 1. The molecule has 6 heteroatoms. The van der Waals surface area contributed by atoms with Gasteiger partial charge < -0.3 is 15.2 Å². The highest BCUT2D eigenvalue weighted by Gasteiger charge is 2.26. The molecule has 1 aliphatic rings. The van der Waals surface area contributed by atoms with Gasteiger partial charge in [0, 0.05) is 17.7 Å². The Labute approximate surface area is 127 Å². The summed E-state index contributed by atoms with van der Waals surface area (Å²) in [6.07, 6.45) is 3.67. The van der Waals surface area contributed by atoms with Crippen molar-refractivity contribution in [1.82, 2.24) is 5.32 Å². The first-order chi connectivity index (χ1) is 9.97. The quantitative estimate of drug-likeness (QED) is 0.792. The summed E-state index contributed by atoms with van der Waals surface area (Å²) in [5, 5.41) is 11.9. The number of carbonyl (C=O) groups is 2. The van der Waals surface area contributed by atoms with Crippen molar-refractivity contribution in [2.24, 2.45) is 0 Å². The minimum atomic E-state index is -1.07. The van der Waals surface area contributed by atoms with Crippen LogP contribution in [0.1, 0.15) is 25.3 Å². The van der Waals surface area contributed by atoms with Crippen LogP contribution >= 0.6 is 11.6 Å². The number of hydrogen-bond acceptors (Lipinski definition) is 3. The molecule has 0 radical (unpaired) electrons. The van der Waals surface area contributed by atoms with E-state index in [4.69, 9.17) is 21.4 Å². The van der Waals surface area contributed by atoms with Gasteiger partial charge in [-0.05, 0) is 31.9 Å². The van der Waals surface area contributed by atoms with Crippen LogP contribution in [0.3, 0.4) is 0 Å². The van der Waals surface area contributed by atoms with Crippen molar-refractivity contribution in [3.63, 3.8) is 0 Å². The molecule has 5 nitrogen and oxygen atoms in total. The fourth-order valence-electron chi connectivity index (χ4n) is 1.72. The number of carboxylic acids is 1. The van der Waals surface area contributed by atoms with Crippen LogP contribution in [0.4, 0.5) is 0 Å². The van der Waals surface area contributed by atoms with Gasteiger partial charge in [0.15, 0.2) is 6.10 Å². The Balaban J connectivity index is 2.13.